The highest BCUT2D eigenvalue weighted by Crippen LogP contribution is 2.21. The molecule has 7 heteroatoms. The Balaban J connectivity index is 1.57. The van der Waals surface area contributed by atoms with Gasteiger partial charge in [-0.05, 0) is 55.3 Å². The minimum Gasteiger partial charge on any atom is -0.338 e. The molecule has 3 rings (SSSR count). The third kappa shape index (κ3) is 4.97. The minimum absolute atomic E-state index is 0.125. The van der Waals surface area contributed by atoms with Gasteiger partial charge in [0, 0.05) is 30.9 Å². The quantitative estimate of drug-likeness (QED) is 0.674. The molecule has 0 unspecified atom stereocenters. The van der Waals surface area contributed by atoms with Crippen LogP contribution in [0.5, 0.6) is 0 Å². The molecule has 0 spiro atoms. The third-order valence-corrected chi connectivity index (χ3v) is 7.69. The van der Waals surface area contributed by atoms with Crippen LogP contribution in [0.15, 0.2) is 46.7 Å². The van der Waals surface area contributed by atoms with Gasteiger partial charge in [-0.3, -0.25) is 4.79 Å². The number of carbonyl (C=O) groups excluding carboxylic acids is 1. The third-order valence-electron chi connectivity index (χ3n) is 4.91. The summed E-state index contributed by atoms with van der Waals surface area (Å²) in [5.74, 6) is 0.125. The van der Waals surface area contributed by atoms with E-state index in [4.69, 9.17) is 0 Å². The summed E-state index contributed by atoms with van der Waals surface area (Å²) in [4.78, 5) is 15.9. The Hall–Kier alpha value is -1.70. The van der Waals surface area contributed by atoms with Crippen LogP contribution < -0.4 is 0 Å². The van der Waals surface area contributed by atoms with Gasteiger partial charge in [0.25, 0.3) is 0 Å². The van der Waals surface area contributed by atoms with Crippen molar-refractivity contribution in [1.29, 1.82) is 0 Å². The smallest absolute Gasteiger partial charge is 0.243 e. The van der Waals surface area contributed by atoms with E-state index in [2.05, 4.69) is 0 Å². The Morgan fingerprint density at radius 3 is 2.44 bits per heavy atom. The lowest BCUT2D eigenvalue weighted by atomic mass is 10.1. The van der Waals surface area contributed by atoms with Gasteiger partial charge < -0.3 is 4.90 Å². The second kappa shape index (κ2) is 8.99. The number of hydrogen-bond acceptors (Lipinski definition) is 4. The Kier molecular flexibility index (Phi) is 6.68. The summed E-state index contributed by atoms with van der Waals surface area (Å²) in [6.07, 6.45) is 2.90. The second-order valence-electron chi connectivity index (χ2n) is 6.74. The zero-order valence-corrected chi connectivity index (χ0v) is 17.3. The predicted molar refractivity (Wildman–Crippen MR) is 108 cm³/mol. The maximum atomic E-state index is 12.6. The average molecular weight is 407 g/mol. The fourth-order valence-electron chi connectivity index (χ4n) is 3.28. The molecular weight excluding hydrogens is 380 g/mol. The molecule has 1 aromatic heterocycles. The van der Waals surface area contributed by atoms with Gasteiger partial charge >= 0.3 is 0 Å². The van der Waals surface area contributed by atoms with Crippen molar-refractivity contribution in [3.63, 3.8) is 0 Å². The first kappa shape index (κ1) is 20.0. The largest absolute Gasteiger partial charge is 0.338 e. The van der Waals surface area contributed by atoms with Crippen LogP contribution in [-0.2, 0) is 27.8 Å². The number of carbonyl (C=O) groups is 1. The summed E-state index contributed by atoms with van der Waals surface area (Å²) in [5.41, 5.74) is 0.982. The maximum Gasteiger partial charge on any atom is 0.243 e. The second-order valence-corrected chi connectivity index (χ2v) is 9.71. The highest BCUT2D eigenvalue weighted by atomic mass is 32.2. The number of hydrogen-bond donors (Lipinski definition) is 0. The molecule has 0 atom stereocenters. The van der Waals surface area contributed by atoms with Crippen LogP contribution in [-0.4, -0.2) is 43.2 Å². The molecule has 146 valence electrons. The zero-order chi connectivity index (χ0) is 19.3. The fourth-order valence-corrected chi connectivity index (χ4v) is 5.52. The highest BCUT2D eigenvalue weighted by Gasteiger charge is 2.26. The van der Waals surface area contributed by atoms with Crippen molar-refractivity contribution in [3.8, 4) is 0 Å². The first-order valence-corrected chi connectivity index (χ1v) is 11.7. The molecule has 1 aliphatic rings. The summed E-state index contributed by atoms with van der Waals surface area (Å²) in [5, 5.41) is 2.02. The van der Waals surface area contributed by atoms with E-state index in [-0.39, 0.29) is 5.91 Å². The number of thiophene rings is 1. The Bertz CT molecular complexity index is 840. The Morgan fingerprint density at radius 1 is 1.15 bits per heavy atom. The molecule has 0 saturated carbocycles. The molecular formula is C20H26N2O3S2. The molecule has 1 amide bonds. The number of rotatable bonds is 8. The van der Waals surface area contributed by atoms with Crippen LogP contribution >= 0.6 is 11.3 Å². The van der Waals surface area contributed by atoms with E-state index >= 15 is 0 Å². The molecule has 2 heterocycles. The van der Waals surface area contributed by atoms with Gasteiger partial charge in [0.15, 0.2) is 0 Å². The first-order chi connectivity index (χ1) is 13.0. The van der Waals surface area contributed by atoms with Crippen molar-refractivity contribution in [1.82, 2.24) is 9.21 Å². The van der Waals surface area contributed by atoms with Crippen molar-refractivity contribution in [2.75, 3.05) is 19.6 Å². The van der Waals surface area contributed by atoms with Crippen molar-refractivity contribution in [2.45, 2.75) is 44.0 Å². The van der Waals surface area contributed by atoms with Crippen LogP contribution in [0.1, 0.15) is 36.6 Å². The number of aryl methyl sites for hydroxylation is 1. The van der Waals surface area contributed by atoms with Crippen LogP contribution in [0, 0.1) is 0 Å². The van der Waals surface area contributed by atoms with E-state index in [1.54, 1.807) is 27.8 Å². The number of sulfonamides is 1. The van der Waals surface area contributed by atoms with E-state index < -0.39 is 10.0 Å². The highest BCUT2D eigenvalue weighted by molar-refractivity contribution is 7.89. The SMILES string of the molecule is CCN(Cc1cccs1)C(=O)CCc1ccc(S(=O)(=O)N2CCCC2)cc1. The maximum absolute atomic E-state index is 12.6. The van der Waals surface area contributed by atoms with Gasteiger partial charge in [0.05, 0.1) is 11.4 Å². The number of nitrogens with zero attached hydrogens (tertiary/aromatic N) is 2. The summed E-state index contributed by atoms with van der Waals surface area (Å²) in [7, 11) is -3.37. The average Bonchev–Trinajstić information content (AvgIpc) is 3.38. The molecule has 1 saturated heterocycles. The molecule has 0 bridgehead atoms. The summed E-state index contributed by atoms with van der Waals surface area (Å²) < 4.78 is 26.7. The predicted octanol–water partition coefficient (Wildman–Crippen LogP) is 3.51. The van der Waals surface area contributed by atoms with Crippen molar-refractivity contribution in [2.24, 2.45) is 0 Å². The molecule has 1 fully saturated rings. The number of amides is 1. The van der Waals surface area contributed by atoms with E-state index in [1.165, 1.54) is 4.88 Å². The lowest BCUT2D eigenvalue weighted by Gasteiger charge is -2.20. The Morgan fingerprint density at radius 2 is 1.85 bits per heavy atom. The minimum atomic E-state index is -3.37. The standard InChI is InChI=1S/C20H26N2O3S2/c1-2-21(16-18-6-5-15-26-18)20(23)12-9-17-7-10-19(11-8-17)27(24,25)22-13-3-4-14-22/h5-8,10-11,15H,2-4,9,12-14,16H2,1H3. The molecule has 0 N–H and O–H groups in total. The Labute approximate surface area is 165 Å². The van der Waals surface area contributed by atoms with E-state index in [0.29, 0.717) is 43.9 Å². The van der Waals surface area contributed by atoms with Gasteiger partial charge in [-0.1, -0.05) is 18.2 Å². The summed E-state index contributed by atoms with van der Waals surface area (Å²) in [6, 6.07) is 11.0. The lowest BCUT2D eigenvalue weighted by molar-refractivity contribution is -0.131. The topological polar surface area (TPSA) is 57.7 Å². The fraction of sp³-hybridized carbons (Fsp3) is 0.450. The lowest BCUT2D eigenvalue weighted by Crippen LogP contribution is -2.30. The van der Waals surface area contributed by atoms with E-state index in [0.717, 1.165) is 18.4 Å². The van der Waals surface area contributed by atoms with Crippen LogP contribution in [0.2, 0.25) is 0 Å². The summed E-state index contributed by atoms with van der Waals surface area (Å²) in [6.45, 7) is 4.54. The summed E-state index contributed by atoms with van der Waals surface area (Å²) >= 11 is 1.66. The van der Waals surface area contributed by atoms with Gasteiger partial charge in [0.2, 0.25) is 15.9 Å². The van der Waals surface area contributed by atoms with Crippen molar-refractivity contribution in [3.05, 3.63) is 52.2 Å². The molecule has 5 nitrogen and oxygen atoms in total. The monoisotopic (exact) mass is 406 g/mol. The molecule has 1 aromatic carbocycles. The molecule has 27 heavy (non-hydrogen) atoms. The number of benzene rings is 1. The van der Waals surface area contributed by atoms with E-state index in [9.17, 15) is 13.2 Å². The van der Waals surface area contributed by atoms with Gasteiger partial charge in [-0.25, -0.2) is 8.42 Å². The van der Waals surface area contributed by atoms with Crippen molar-refractivity contribution < 1.29 is 13.2 Å². The molecule has 2 aromatic rings. The van der Waals surface area contributed by atoms with Crippen LogP contribution in [0.4, 0.5) is 0 Å². The van der Waals surface area contributed by atoms with Gasteiger partial charge in [-0.15, -0.1) is 11.3 Å². The first-order valence-electron chi connectivity index (χ1n) is 9.40. The normalized spacial score (nSPS) is 15.1. The zero-order valence-electron chi connectivity index (χ0n) is 15.6. The van der Waals surface area contributed by atoms with Crippen molar-refractivity contribution >= 4 is 27.3 Å². The van der Waals surface area contributed by atoms with Crippen LogP contribution in [0.3, 0.4) is 0 Å². The van der Waals surface area contributed by atoms with Crippen LogP contribution in [0.25, 0.3) is 0 Å². The van der Waals surface area contributed by atoms with Gasteiger partial charge in [-0.2, -0.15) is 4.31 Å². The van der Waals surface area contributed by atoms with Gasteiger partial charge in [0.1, 0.15) is 0 Å². The molecule has 1 aliphatic heterocycles. The molecule has 0 aliphatic carbocycles. The van der Waals surface area contributed by atoms with E-state index in [1.807, 2.05) is 41.5 Å². The molecule has 0 radical (unpaired) electrons.